The average molecular weight is 298 g/mol. The van der Waals surface area contributed by atoms with Crippen molar-refractivity contribution in [1.82, 2.24) is 4.90 Å². The zero-order chi connectivity index (χ0) is 12.1. The molecule has 0 spiro atoms. The monoisotopic (exact) mass is 297 g/mol. The molecule has 1 aromatic rings. The zero-order valence-electron chi connectivity index (χ0n) is 10.1. The van der Waals surface area contributed by atoms with E-state index in [9.17, 15) is 0 Å². The van der Waals surface area contributed by atoms with Crippen molar-refractivity contribution in [2.75, 3.05) is 13.2 Å². The molecule has 94 valence electrons. The Hall–Kier alpha value is -0.380. The van der Waals surface area contributed by atoms with Crippen LogP contribution < -0.4 is 0 Å². The van der Waals surface area contributed by atoms with Gasteiger partial charge >= 0.3 is 0 Å². The van der Waals surface area contributed by atoms with Crippen molar-refractivity contribution < 1.29 is 5.11 Å². The molecular weight excluding hydrogens is 278 g/mol. The van der Waals surface area contributed by atoms with Crippen molar-refractivity contribution in [3.8, 4) is 0 Å². The Morgan fingerprint density at radius 2 is 2.06 bits per heavy atom. The minimum Gasteiger partial charge on any atom is -0.396 e. The minimum absolute atomic E-state index is 0.291. The van der Waals surface area contributed by atoms with Crippen LogP contribution >= 0.6 is 15.9 Å². The first kappa shape index (κ1) is 13.1. The van der Waals surface area contributed by atoms with Gasteiger partial charge in [-0.15, -0.1) is 0 Å². The molecule has 1 aliphatic carbocycles. The molecule has 0 atom stereocenters. The van der Waals surface area contributed by atoms with Gasteiger partial charge < -0.3 is 5.11 Å². The first-order valence-corrected chi connectivity index (χ1v) is 7.19. The van der Waals surface area contributed by atoms with Gasteiger partial charge in [-0.25, -0.2) is 0 Å². The second-order valence-corrected chi connectivity index (χ2v) is 5.58. The Bertz CT molecular complexity index is 352. The predicted molar refractivity (Wildman–Crippen MR) is 73.9 cm³/mol. The van der Waals surface area contributed by atoms with Gasteiger partial charge in [0, 0.05) is 30.2 Å². The molecule has 17 heavy (non-hydrogen) atoms. The lowest BCUT2D eigenvalue weighted by molar-refractivity contribution is 0.109. The van der Waals surface area contributed by atoms with Crippen LogP contribution in [0.2, 0.25) is 0 Å². The van der Waals surface area contributed by atoms with E-state index >= 15 is 0 Å². The molecule has 0 unspecified atom stereocenters. The Morgan fingerprint density at radius 3 is 2.65 bits per heavy atom. The predicted octanol–water partition coefficient (Wildman–Crippen LogP) is 3.19. The molecule has 1 N–H and O–H groups in total. The standard InChI is InChI=1S/C14H20BrNO/c15-14-8-2-1-5-12(14)11-16(9-4-10-17)13-6-3-7-13/h1-2,5,8,13,17H,3-4,6-7,9-11H2. The molecule has 0 amide bonds. The molecule has 0 aliphatic heterocycles. The number of aliphatic hydroxyl groups excluding tert-OH is 1. The summed E-state index contributed by atoms with van der Waals surface area (Å²) < 4.78 is 1.19. The van der Waals surface area contributed by atoms with E-state index in [-0.39, 0.29) is 0 Å². The van der Waals surface area contributed by atoms with E-state index in [0.29, 0.717) is 6.61 Å². The lowest BCUT2D eigenvalue weighted by Crippen LogP contribution is -2.40. The summed E-state index contributed by atoms with van der Waals surface area (Å²) in [6, 6.07) is 9.14. The number of benzene rings is 1. The highest BCUT2D eigenvalue weighted by molar-refractivity contribution is 9.10. The van der Waals surface area contributed by atoms with Crippen LogP contribution in [0.1, 0.15) is 31.2 Å². The van der Waals surface area contributed by atoms with Crippen LogP contribution in [0.4, 0.5) is 0 Å². The third-order valence-corrected chi connectivity index (χ3v) is 4.30. The molecule has 2 rings (SSSR count). The number of rotatable bonds is 6. The van der Waals surface area contributed by atoms with E-state index in [1.807, 2.05) is 0 Å². The van der Waals surface area contributed by atoms with E-state index in [4.69, 9.17) is 5.11 Å². The van der Waals surface area contributed by atoms with Crippen molar-refractivity contribution in [3.05, 3.63) is 34.3 Å². The molecule has 2 nitrogen and oxygen atoms in total. The van der Waals surface area contributed by atoms with E-state index in [1.54, 1.807) is 0 Å². The topological polar surface area (TPSA) is 23.5 Å². The minimum atomic E-state index is 0.291. The van der Waals surface area contributed by atoms with E-state index in [2.05, 4.69) is 45.1 Å². The van der Waals surface area contributed by atoms with Gasteiger partial charge in [0.1, 0.15) is 0 Å². The third-order valence-electron chi connectivity index (χ3n) is 3.53. The van der Waals surface area contributed by atoms with E-state index < -0.39 is 0 Å². The molecular formula is C14H20BrNO. The summed E-state index contributed by atoms with van der Waals surface area (Å²) in [5.74, 6) is 0. The molecule has 0 heterocycles. The summed E-state index contributed by atoms with van der Waals surface area (Å²) in [5.41, 5.74) is 1.34. The van der Waals surface area contributed by atoms with Gasteiger partial charge in [0.15, 0.2) is 0 Å². The Balaban J connectivity index is 1.98. The highest BCUT2D eigenvalue weighted by atomic mass is 79.9. The van der Waals surface area contributed by atoms with Gasteiger partial charge in [-0.2, -0.15) is 0 Å². The summed E-state index contributed by atoms with van der Waals surface area (Å²) in [6.07, 6.45) is 4.86. The maximum Gasteiger partial charge on any atom is 0.0443 e. The Kier molecular flexibility index (Phi) is 5.01. The van der Waals surface area contributed by atoms with Crippen LogP contribution in [0.3, 0.4) is 0 Å². The maximum absolute atomic E-state index is 8.97. The summed E-state index contributed by atoms with van der Waals surface area (Å²) in [6.45, 7) is 2.29. The van der Waals surface area contributed by atoms with Crippen LogP contribution in [-0.2, 0) is 6.54 Å². The average Bonchev–Trinajstić information content (AvgIpc) is 2.26. The maximum atomic E-state index is 8.97. The molecule has 1 fully saturated rings. The van der Waals surface area contributed by atoms with Gasteiger partial charge in [0.2, 0.25) is 0 Å². The van der Waals surface area contributed by atoms with Gasteiger partial charge in [0.05, 0.1) is 0 Å². The first-order chi connectivity index (χ1) is 8.31. The molecule has 0 saturated heterocycles. The molecule has 0 radical (unpaired) electrons. The summed E-state index contributed by atoms with van der Waals surface area (Å²) in [7, 11) is 0. The van der Waals surface area contributed by atoms with Crippen LogP contribution in [0, 0.1) is 0 Å². The Labute approximate surface area is 112 Å². The van der Waals surface area contributed by atoms with E-state index in [1.165, 1.54) is 29.3 Å². The van der Waals surface area contributed by atoms with Crippen LogP contribution in [0.25, 0.3) is 0 Å². The molecule has 3 heteroatoms. The highest BCUT2D eigenvalue weighted by Gasteiger charge is 2.24. The first-order valence-electron chi connectivity index (χ1n) is 6.39. The second kappa shape index (κ2) is 6.53. The largest absolute Gasteiger partial charge is 0.396 e. The van der Waals surface area contributed by atoms with E-state index in [0.717, 1.165) is 25.6 Å². The van der Waals surface area contributed by atoms with Crippen molar-refractivity contribution in [1.29, 1.82) is 0 Å². The van der Waals surface area contributed by atoms with Gasteiger partial charge in [-0.05, 0) is 30.9 Å². The molecule has 1 aromatic carbocycles. The van der Waals surface area contributed by atoms with Gasteiger partial charge in [-0.1, -0.05) is 40.5 Å². The Morgan fingerprint density at radius 1 is 1.29 bits per heavy atom. The molecule has 1 aliphatic rings. The number of nitrogens with zero attached hydrogens (tertiary/aromatic N) is 1. The number of hydrogen-bond acceptors (Lipinski definition) is 2. The number of aliphatic hydroxyl groups is 1. The third kappa shape index (κ3) is 3.54. The molecule has 1 saturated carbocycles. The normalized spacial score (nSPS) is 16.2. The quantitative estimate of drug-likeness (QED) is 0.872. The fourth-order valence-electron chi connectivity index (χ4n) is 2.26. The fraction of sp³-hybridized carbons (Fsp3) is 0.571. The number of hydrogen-bond donors (Lipinski definition) is 1. The van der Waals surface area contributed by atoms with Crippen molar-refractivity contribution >= 4 is 15.9 Å². The summed E-state index contributed by atoms with van der Waals surface area (Å²) >= 11 is 3.61. The van der Waals surface area contributed by atoms with Crippen LogP contribution in [-0.4, -0.2) is 29.2 Å². The lowest BCUT2D eigenvalue weighted by Gasteiger charge is -2.37. The van der Waals surface area contributed by atoms with Crippen LogP contribution in [0.15, 0.2) is 28.7 Å². The molecule has 0 aromatic heterocycles. The zero-order valence-corrected chi connectivity index (χ0v) is 11.7. The van der Waals surface area contributed by atoms with Gasteiger partial charge in [0.25, 0.3) is 0 Å². The lowest BCUT2D eigenvalue weighted by atomic mass is 9.91. The highest BCUT2D eigenvalue weighted by Crippen LogP contribution is 2.28. The SMILES string of the molecule is OCCCN(Cc1ccccc1Br)C1CCC1. The summed E-state index contributed by atoms with van der Waals surface area (Å²) in [5, 5.41) is 8.97. The summed E-state index contributed by atoms with van der Waals surface area (Å²) in [4.78, 5) is 2.51. The molecule has 0 bridgehead atoms. The van der Waals surface area contributed by atoms with Crippen molar-refractivity contribution in [3.63, 3.8) is 0 Å². The van der Waals surface area contributed by atoms with Gasteiger partial charge in [-0.3, -0.25) is 4.90 Å². The number of halogens is 1. The van der Waals surface area contributed by atoms with Crippen molar-refractivity contribution in [2.24, 2.45) is 0 Å². The van der Waals surface area contributed by atoms with Crippen molar-refractivity contribution in [2.45, 2.75) is 38.3 Å². The van der Waals surface area contributed by atoms with Crippen LogP contribution in [0.5, 0.6) is 0 Å². The smallest absolute Gasteiger partial charge is 0.0443 e. The fourth-order valence-corrected chi connectivity index (χ4v) is 2.67. The second-order valence-electron chi connectivity index (χ2n) is 4.72.